The molecule has 0 aromatic heterocycles. The minimum Gasteiger partial charge on any atom is -0.494 e. The maximum absolute atomic E-state index is 7.42. The first-order valence-electron chi connectivity index (χ1n) is 4.27. The van der Waals surface area contributed by atoms with Gasteiger partial charge >= 0.3 is 0 Å². The van der Waals surface area contributed by atoms with Crippen LogP contribution in [0.3, 0.4) is 0 Å². The smallest absolute Gasteiger partial charge is 0.156 e. The van der Waals surface area contributed by atoms with E-state index in [1.54, 1.807) is 0 Å². The second kappa shape index (κ2) is 3.53. The van der Waals surface area contributed by atoms with Crippen molar-refractivity contribution in [2.24, 2.45) is 0 Å². The van der Waals surface area contributed by atoms with Gasteiger partial charge in [0.15, 0.2) is 5.75 Å². The van der Waals surface area contributed by atoms with E-state index in [1.165, 1.54) is 0 Å². The zero-order valence-electron chi connectivity index (χ0n) is 8.25. The topological polar surface area (TPSA) is 9.23 Å². The first-order chi connectivity index (χ1) is 6.50. The molecule has 0 saturated carbocycles. The van der Waals surface area contributed by atoms with Crippen LogP contribution in [0.5, 0.6) is 5.75 Å². The summed E-state index contributed by atoms with van der Waals surface area (Å²) in [5, 5.41) is -0.288. The van der Waals surface area contributed by atoms with E-state index in [9.17, 15) is 0 Å². The van der Waals surface area contributed by atoms with E-state index in [0.29, 0.717) is 0 Å². The molecule has 60 valence electrons. The third-order valence-electron chi connectivity index (χ3n) is 0.982. The summed E-state index contributed by atoms with van der Waals surface area (Å²) in [7, 11) is -0.389. The van der Waals surface area contributed by atoms with Crippen LogP contribution in [-0.4, -0.2) is 7.09 Å². The van der Waals surface area contributed by atoms with E-state index in [4.69, 9.17) is 43.7 Å². The minimum absolute atomic E-state index is 0.0391. The molecular formula is C7H5Cl3O. The molecule has 0 saturated heterocycles. The van der Waals surface area contributed by atoms with Gasteiger partial charge < -0.3 is 4.74 Å². The highest BCUT2D eigenvalue weighted by Crippen LogP contribution is 2.35. The standard InChI is InChI=1S/C7H5Cl3O/c1-11-7-5(9)2-4(8)3-6(7)10/h2-3H,1H3/i1D,2D,3D. The van der Waals surface area contributed by atoms with Crippen molar-refractivity contribution in [2.45, 2.75) is 0 Å². The van der Waals surface area contributed by atoms with E-state index in [2.05, 4.69) is 0 Å². The quantitative estimate of drug-likeness (QED) is 0.693. The van der Waals surface area contributed by atoms with Crippen molar-refractivity contribution >= 4 is 34.8 Å². The lowest BCUT2D eigenvalue weighted by atomic mass is 10.3. The van der Waals surface area contributed by atoms with Crippen LogP contribution in [0.1, 0.15) is 4.11 Å². The third-order valence-corrected chi connectivity index (χ3v) is 1.70. The molecule has 1 nitrogen and oxygen atoms in total. The second-order valence-electron chi connectivity index (χ2n) is 1.67. The van der Waals surface area contributed by atoms with E-state index in [-0.39, 0.29) is 40.0 Å². The van der Waals surface area contributed by atoms with E-state index >= 15 is 0 Å². The molecule has 0 atom stereocenters. The van der Waals surface area contributed by atoms with Crippen LogP contribution in [0.4, 0.5) is 0 Å². The Morgan fingerprint density at radius 1 is 1.36 bits per heavy atom. The number of benzene rings is 1. The molecule has 0 aliphatic rings. The highest BCUT2D eigenvalue weighted by atomic mass is 35.5. The summed E-state index contributed by atoms with van der Waals surface area (Å²) in [6.07, 6.45) is 0. The van der Waals surface area contributed by atoms with Gasteiger partial charge in [-0.1, -0.05) is 34.8 Å². The predicted octanol–water partition coefficient (Wildman–Crippen LogP) is 3.66. The van der Waals surface area contributed by atoms with Crippen molar-refractivity contribution in [1.29, 1.82) is 0 Å². The zero-order chi connectivity index (χ0) is 10.9. The minimum atomic E-state index is -0.389. The van der Waals surface area contributed by atoms with Crippen LogP contribution in [0, 0.1) is 0 Å². The highest BCUT2D eigenvalue weighted by Gasteiger charge is 2.06. The van der Waals surface area contributed by atoms with Gasteiger partial charge in [0, 0.05) is 5.02 Å². The Labute approximate surface area is 84.0 Å². The van der Waals surface area contributed by atoms with Gasteiger partial charge in [-0.3, -0.25) is 0 Å². The molecule has 0 heterocycles. The third kappa shape index (κ3) is 1.92. The van der Waals surface area contributed by atoms with Crippen LogP contribution < -0.4 is 4.74 Å². The van der Waals surface area contributed by atoms with Gasteiger partial charge in [-0.15, -0.1) is 0 Å². The van der Waals surface area contributed by atoms with E-state index in [0.717, 1.165) is 0 Å². The van der Waals surface area contributed by atoms with Crippen molar-refractivity contribution in [3.8, 4) is 5.75 Å². The van der Waals surface area contributed by atoms with Crippen molar-refractivity contribution in [3.63, 3.8) is 0 Å². The lowest BCUT2D eigenvalue weighted by Crippen LogP contribution is -1.84. The molecule has 0 aliphatic heterocycles. The first-order valence-corrected chi connectivity index (χ1v) is 3.69. The summed E-state index contributed by atoms with van der Waals surface area (Å²) in [6, 6.07) is -0.433. The Morgan fingerprint density at radius 3 is 2.36 bits per heavy atom. The largest absolute Gasteiger partial charge is 0.494 e. The number of methoxy groups -OCH3 is 1. The average Bonchev–Trinajstić information content (AvgIpc) is 2.19. The Morgan fingerprint density at radius 2 is 1.91 bits per heavy atom. The summed E-state index contributed by atoms with van der Waals surface area (Å²) >= 11 is 17.0. The van der Waals surface area contributed by atoms with Crippen molar-refractivity contribution in [2.75, 3.05) is 7.09 Å². The Balaban J connectivity index is 3.43. The number of halogens is 3. The van der Waals surface area contributed by atoms with Crippen LogP contribution >= 0.6 is 34.8 Å². The normalized spacial score (nSPS) is 13.5. The molecule has 1 aromatic rings. The SMILES string of the molecule is [2H]COc1c(Cl)c([2H])c(Cl)c([2H])c1Cl. The summed E-state index contributed by atoms with van der Waals surface area (Å²) in [5.41, 5.74) is 0. The summed E-state index contributed by atoms with van der Waals surface area (Å²) < 4.78 is 26.5. The van der Waals surface area contributed by atoms with Crippen molar-refractivity contribution < 1.29 is 8.85 Å². The lowest BCUT2D eigenvalue weighted by Gasteiger charge is -2.04. The molecule has 0 aliphatic carbocycles. The Kier molecular flexibility index (Phi) is 1.77. The van der Waals surface area contributed by atoms with Crippen LogP contribution in [0.15, 0.2) is 12.1 Å². The van der Waals surface area contributed by atoms with Gasteiger partial charge in [-0.25, -0.2) is 0 Å². The Bertz CT molecular complexity index is 341. The summed E-state index contributed by atoms with van der Waals surface area (Å²) in [6.45, 7) is 0. The van der Waals surface area contributed by atoms with E-state index < -0.39 is 0 Å². The first kappa shape index (κ1) is 5.52. The molecule has 0 bridgehead atoms. The average molecular weight is 214 g/mol. The molecule has 1 rings (SSSR count). The monoisotopic (exact) mass is 213 g/mol. The zero-order valence-corrected chi connectivity index (χ0v) is 7.52. The molecule has 0 amide bonds. The second-order valence-corrected chi connectivity index (χ2v) is 2.80. The van der Waals surface area contributed by atoms with Crippen molar-refractivity contribution in [1.82, 2.24) is 0 Å². The molecular weight excluding hydrogens is 206 g/mol. The number of rotatable bonds is 1. The fourth-order valence-electron chi connectivity index (χ4n) is 0.561. The molecule has 4 heteroatoms. The Hall–Kier alpha value is -0.110. The lowest BCUT2D eigenvalue weighted by molar-refractivity contribution is 0.415. The van der Waals surface area contributed by atoms with Crippen LogP contribution in [0.2, 0.25) is 15.1 Å². The maximum atomic E-state index is 7.42. The molecule has 0 fully saturated rings. The molecule has 1 aromatic carbocycles. The van der Waals surface area contributed by atoms with Gasteiger partial charge in [-0.2, -0.15) is 0 Å². The number of ether oxygens (including phenoxy) is 1. The molecule has 0 spiro atoms. The fraction of sp³-hybridized carbons (Fsp3) is 0.143. The molecule has 0 N–H and O–H groups in total. The maximum Gasteiger partial charge on any atom is 0.156 e. The van der Waals surface area contributed by atoms with Gasteiger partial charge in [-0.05, 0) is 12.1 Å². The fourth-order valence-corrected chi connectivity index (χ4v) is 1.38. The molecule has 11 heavy (non-hydrogen) atoms. The molecule has 0 unspecified atom stereocenters. The summed E-state index contributed by atoms with van der Waals surface area (Å²) in [5.74, 6) is -0.0391. The van der Waals surface area contributed by atoms with Gasteiger partial charge in [0.05, 0.1) is 21.2 Å². The van der Waals surface area contributed by atoms with Gasteiger partial charge in [0.2, 0.25) is 0 Å². The highest BCUT2D eigenvalue weighted by molar-refractivity contribution is 6.40. The van der Waals surface area contributed by atoms with Gasteiger partial charge in [0.1, 0.15) is 0 Å². The van der Waals surface area contributed by atoms with E-state index in [1.807, 2.05) is 0 Å². The number of hydrogen-bond donors (Lipinski definition) is 0. The van der Waals surface area contributed by atoms with Crippen molar-refractivity contribution in [3.05, 3.63) is 27.2 Å². The van der Waals surface area contributed by atoms with Crippen LogP contribution in [-0.2, 0) is 0 Å². The van der Waals surface area contributed by atoms with Crippen LogP contribution in [0.25, 0.3) is 0 Å². The molecule has 0 radical (unpaired) electrons. The number of hydrogen-bond acceptors (Lipinski definition) is 1. The van der Waals surface area contributed by atoms with Gasteiger partial charge in [0.25, 0.3) is 0 Å². The summed E-state index contributed by atoms with van der Waals surface area (Å²) in [4.78, 5) is 0. The predicted molar refractivity (Wildman–Crippen MR) is 48.0 cm³/mol.